The van der Waals surface area contributed by atoms with E-state index in [2.05, 4.69) is 10.1 Å². The minimum absolute atomic E-state index is 0.143. The molecule has 0 aliphatic heterocycles. The predicted octanol–water partition coefficient (Wildman–Crippen LogP) is 4.34. The molecule has 24 heavy (non-hydrogen) atoms. The summed E-state index contributed by atoms with van der Waals surface area (Å²) in [5.41, 5.74) is 1.11. The molecule has 1 heterocycles. The third-order valence-corrected chi connectivity index (χ3v) is 3.99. The number of halogens is 2. The van der Waals surface area contributed by atoms with Crippen molar-refractivity contribution in [3.63, 3.8) is 0 Å². The van der Waals surface area contributed by atoms with E-state index in [1.807, 2.05) is 37.3 Å². The number of rotatable bonds is 4. The molecule has 0 saturated carbocycles. The fourth-order valence-electron chi connectivity index (χ4n) is 2.15. The molecule has 0 aliphatic carbocycles. The van der Waals surface area contributed by atoms with E-state index in [0.717, 1.165) is 5.56 Å². The molecule has 1 aromatic heterocycles. The molecule has 0 atom stereocenters. The molecular weight excluding hydrogens is 349 g/mol. The maximum atomic E-state index is 12.8. The summed E-state index contributed by atoms with van der Waals surface area (Å²) >= 11 is 11.9. The monoisotopic (exact) mass is 361 g/mol. The van der Waals surface area contributed by atoms with Crippen molar-refractivity contribution in [2.45, 2.75) is 6.92 Å². The molecule has 2 aromatic carbocycles. The molecule has 0 aliphatic rings. The highest BCUT2D eigenvalue weighted by Crippen LogP contribution is 2.25. The Morgan fingerprint density at radius 1 is 1.12 bits per heavy atom. The molecule has 0 saturated heterocycles. The quantitative estimate of drug-likeness (QED) is 0.693. The first-order valence-electron chi connectivity index (χ1n) is 7.25. The SMILES string of the molecule is CCOc1nc(-c2ccccc2)n(C(=O)c2ccc(Cl)c(Cl)c2)n1. The number of nitrogens with zero attached hydrogens (tertiary/aromatic N) is 3. The smallest absolute Gasteiger partial charge is 0.336 e. The van der Waals surface area contributed by atoms with Crippen LogP contribution in [0, 0.1) is 0 Å². The molecule has 0 radical (unpaired) electrons. The topological polar surface area (TPSA) is 57.0 Å². The lowest BCUT2D eigenvalue weighted by Crippen LogP contribution is -2.15. The first-order chi connectivity index (χ1) is 11.6. The van der Waals surface area contributed by atoms with Crippen molar-refractivity contribution in [2.24, 2.45) is 0 Å². The van der Waals surface area contributed by atoms with Crippen LogP contribution in [0.5, 0.6) is 6.01 Å². The van der Waals surface area contributed by atoms with Crippen LogP contribution in [-0.4, -0.2) is 27.3 Å². The van der Waals surface area contributed by atoms with Crippen LogP contribution >= 0.6 is 23.2 Å². The van der Waals surface area contributed by atoms with Gasteiger partial charge in [-0.2, -0.15) is 9.67 Å². The Morgan fingerprint density at radius 3 is 2.54 bits per heavy atom. The van der Waals surface area contributed by atoms with E-state index in [4.69, 9.17) is 27.9 Å². The molecule has 0 bridgehead atoms. The number of hydrogen-bond acceptors (Lipinski definition) is 4. The Bertz CT molecular complexity index is 879. The first kappa shape index (κ1) is 16.5. The molecule has 3 aromatic rings. The van der Waals surface area contributed by atoms with Crippen LogP contribution in [0.1, 0.15) is 17.3 Å². The Labute approximate surface area is 148 Å². The van der Waals surface area contributed by atoms with Gasteiger partial charge in [0.15, 0.2) is 5.82 Å². The third-order valence-electron chi connectivity index (χ3n) is 3.25. The Kier molecular flexibility index (Phi) is 4.83. The van der Waals surface area contributed by atoms with Crippen molar-refractivity contribution in [1.82, 2.24) is 14.8 Å². The zero-order valence-corrected chi connectivity index (χ0v) is 14.3. The zero-order valence-electron chi connectivity index (χ0n) is 12.7. The Hall–Kier alpha value is -2.37. The summed E-state index contributed by atoms with van der Waals surface area (Å²) in [6.07, 6.45) is 0. The van der Waals surface area contributed by atoms with Crippen LogP contribution in [0.15, 0.2) is 48.5 Å². The van der Waals surface area contributed by atoms with Gasteiger partial charge in [0, 0.05) is 11.1 Å². The van der Waals surface area contributed by atoms with Crippen molar-refractivity contribution < 1.29 is 9.53 Å². The maximum absolute atomic E-state index is 12.8. The average molecular weight is 362 g/mol. The molecule has 5 nitrogen and oxygen atoms in total. The number of ether oxygens (including phenoxy) is 1. The lowest BCUT2D eigenvalue weighted by atomic mass is 10.2. The summed E-state index contributed by atoms with van der Waals surface area (Å²) in [6.45, 7) is 2.23. The Morgan fingerprint density at radius 2 is 1.88 bits per heavy atom. The minimum atomic E-state index is -0.370. The van der Waals surface area contributed by atoms with Crippen LogP contribution in [0.25, 0.3) is 11.4 Å². The molecule has 0 fully saturated rings. The van der Waals surface area contributed by atoms with Gasteiger partial charge in [-0.1, -0.05) is 53.5 Å². The fourth-order valence-corrected chi connectivity index (χ4v) is 2.45. The lowest BCUT2D eigenvalue weighted by molar-refractivity contribution is 0.0945. The normalized spacial score (nSPS) is 10.6. The summed E-state index contributed by atoms with van der Waals surface area (Å²) in [5.74, 6) is 0.0287. The highest BCUT2D eigenvalue weighted by molar-refractivity contribution is 6.42. The van der Waals surface area contributed by atoms with Crippen LogP contribution in [0.2, 0.25) is 10.0 Å². The van der Waals surface area contributed by atoms with E-state index >= 15 is 0 Å². The van der Waals surface area contributed by atoms with E-state index in [9.17, 15) is 4.79 Å². The van der Waals surface area contributed by atoms with Gasteiger partial charge in [0.25, 0.3) is 5.91 Å². The van der Waals surface area contributed by atoms with Gasteiger partial charge < -0.3 is 4.74 Å². The summed E-state index contributed by atoms with van der Waals surface area (Å²) in [4.78, 5) is 17.1. The van der Waals surface area contributed by atoms with Crippen molar-refractivity contribution in [3.8, 4) is 17.4 Å². The van der Waals surface area contributed by atoms with Gasteiger partial charge in [0.2, 0.25) is 0 Å². The van der Waals surface area contributed by atoms with Gasteiger partial charge in [0.1, 0.15) is 0 Å². The predicted molar refractivity (Wildman–Crippen MR) is 92.8 cm³/mol. The van der Waals surface area contributed by atoms with Crippen molar-refractivity contribution in [3.05, 3.63) is 64.1 Å². The second-order valence-electron chi connectivity index (χ2n) is 4.86. The molecule has 0 unspecified atom stereocenters. The van der Waals surface area contributed by atoms with Crippen molar-refractivity contribution in [2.75, 3.05) is 6.61 Å². The lowest BCUT2D eigenvalue weighted by Gasteiger charge is -2.05. The van der Waals surface area contributed by atoms with Crippen LogP contribution in [-0.2, 0) is 0 Å². The first-order valence-corrected chi connectivity index (χ1v) is 8.00. The number of carbonyl (C=O) groups is 1. The maximum Gasteiger partial charge on any atom is 0.336 e. The summed E-state index contributed by atoms with van der Waals surface area (Å²) in [7, 11) is 0. The van der Waals surface area contributed by atoms with Gasteiger partial charge in [-0.15, -0.1) is 5.10 Å². The van der Waals surface area contributed by atoms with Crippen LogP contribution in [0.3, 0.4) is 0 Å². The standard InChI is InChI=1S/C17H13Cl2N3O2/c1-2-24-17-20-15(11-6-4-3-5-7-11)22(21-17)16(23)12-8-9-13(18)14(19)10-12/h3-10H,2H2,1H3. The number of aromatic nitrogens is 3. The Balaban J connectivity index is 2.08. The van der Waals surface area contributed by atoms with Gasteiger partial charge in [-0.25, -0.2) is 0 Å². The van der Waals surface area contributed by atoms with Gasteiger partial charge in [0.05, 0.1) is 16.7 Å². The number of carbonyl (C=O) groups excluding carboxylic acids is 1. The van der Waals surface area contributed by atoms with Crippen molar-refractivity contribution in [1.29, 1.82) is 0 Å². The summed E-state index contributed by atoms with van der Waals surface area (Å²) < 4.78 is 6.54. The molecule has 0 N–H and O–H groups in total. The summed E-state index contributed by atoms with van der Waals surface area (Å²) in [5, 5.41) is 4.84. The number of hydrogen-bond donors (Lipinski definition) is 0. The van der Waals surface area contributed by atoms with E-state index in [-0.39, 0.29) is 11.9 Å². The van der Waals surface area contributed by atoms with Crippen molar-refractivity contribution >= 4 is 29.1 Å². The molecule has 0 amide bonds. The molecule has 0 spiro atoms. The van der Waals surface area contributed by atoms with Gasteiger partial charge in [-0.05, 0) is 25.1 Å². The zero-order chi connectivity index (χ0) is 17.1. The second kappa shape index (κ2) is 7.03. The molecule has 122 valence electrons. The van der Waals surface area contributed by atoms with Crippen LogP contribution < -0.4 is 4.74 Å². The van der Waals surface area contributed by atoms with E-state index in [1.54, 1.807) is 12.1 Å². The largest absolute Gasteiger partial charge is 0.463 e. The van der Waals surface area contributed by atoms with Gasteiger partial charge >= 0.3 is 6.01 Å². The highest BCUT2D eigenvalue weighted by Gasteiger charge is 2.20. The van der Waals surface area contributed by atoms with Crippen LogP contribution in [0.4, 0.5) is 0 Å². The van der Waals surface area contributed by atoms with E-state index in [0.29, 0.717) is 28.0 Å². The number of benzene rings is 2. The summed E-state index contributed by atoms with van der Waals surface area (Å²) in [6, 6.07) is 14.1. The highest BCUT2D eigenvalue weighted by atomic mass is 35.5. The van der Waals surface area contributed by atoms with E-state index < -0.39 is 0 Å². The molecule has 7 heteroatoms. The molecular formula is C17H13Cl2N3O2. The third kappa shape index (κ3) is 3.27. The average Bonchev–Trinajstić information content (AvgIpc) is 3.02. The molecule has 3 rings (SSSR count). The van der Waals surface area contributed by atoms with Gasteiger partial charge in [-0.3, -0.25) is 4.79 Å². The second-order valence-corrected chi connectivity index (χ2v) is 5.68. The van der Waals surface area contributed by atoms with E-state index in [1.165, 1.54) is 10.7 Å². The fraction of sp³-hybridized carbons (Fsp3) is 0.118. The minimum Gasteiger partial charge on any atom is -0.463 e.